The molecule has 1 N–H and O–H groups in total. The average Bonchev–Trinajstić information content (AvgIpc) is 2.29. The highest BCUT2D eigenvalue weighted by molar-refractivity contribution is 5.81. The molecule has 0 aliphatic heterocycles. The first-order valence-electron chi connectivity index (χ1n) is 6.72. The molecule has 0 fully saturated rings. The Kier molecular flexibility index (Phi) is 11.1. The van der Waals surface area contributed by atoms with Crippen molar-refractivity contribution in [1.82, 2.24) is 0 Å². The highest BCUT2D eigenvalue weighted by Gasteiger charge is 2.02. The molecule has 3 nitrogen and oxygen atoms in total. The molecule has 0 saturated carbocycles. The monoisotopic (exact) mass is 242 g/mol. The Morgan fingerprint density at radius 2 is 1.94 bits per heavy atom. The standard InChI is InChI=1S/C14H26O3/c1-3-5-6-7-8-10-13(15)11-9-12-14(16)17-4-2/h9,12-13,15H,3-8,10-11H2,1-2H3/b12-9-/t13-/m0/s1. The second-order valence-electron chi connectivity index (χ2n) is 4.25. The summed E-state index contributed by atoms with van der Waals surface area (Å²) in [7, 11) is 0. The molecule has 0 bridgehead atoms. The molecular weight excluding hydrogens is 216 g/mol. The lowest BCUT2D eigenvalue weighted by Gasteiger charge is -2.07. The third-order valence-corrected chi connectivity index (χ3v) is 2.59. The van der Waals surface area contributed by atoms with E-state index in [0.29, 0.717) is 13.0 Å². The maximum Gasteiger partial charge on any atom is 0.330 e. The third-order valence-electron chi connectivity index (χ3n) is 2.59. The second kappa shape index (κ2) is 11.6. The minimum atomic E-state index is -0.331. The zero-order valence-corrected chi connectivity index (χ0v) is 11.2. The van der Waals surface area contributed by atoms with Gasteiger partial charge in [0.15, 0.2) is 0 Å². The van der Waals surface area contributed by atoms with Crippen LogP contribution in [0.5, 0.6) is 0 Å². The number of aliphatic hydroxyl groups excluding tert-OH is 1. The SMILES string of the molecule is CCCCCCC[C@H](O)C/C=C\C(=O)OCC. The van der Waals surface area contributed by atoms with Crippen LogP contribution in [0.2, 0.25) is 0 Å². The summed E-state index contributed by atoms with van der Waals surface area (Å²) in [6, 6.07) is 0. The molecule has 17 heavy (non-hydrogen) atoms. The number of rotatable bonds is 10. The molecule has 0 aliphatic rings. The van der Waals surface area contributed by atoms with Crippen molar-refractivity contribution in [3.8, 4) is 0 Å². The summed E-state index contributed by atoms with van der Waals surface area (Å²) in [5.41, 5.74) is 0. The van der Waals surface area contributed by atoms with E-state index < -0.39 is 0 Å². The van der Waals surface area contributed by atoms with E-state index in [4.69, 9.17) is 4.74 Å². The van der Waals surface area contributed by atoms with E-state index in [9.17, 15) is 9.90 Å². The van der Waals surface area contributed by atoms with E-state index >= 15 is 0 Å². The van der Waals surface area contributed by atoms with Crippen molar-refractivity contribution in [2.24, 2.45) is 0 Å². The fourth-order valence-corrected chi connectivity index (χ4v) is 1.61. The Labute approximate surface area is 105 Å². The molecule has 0 spiro atoms. The average molecular weight is 242 g/mol. The van der Waals surface area contributed by atoms with Gasteiger partial charge in [-0.3, -0.25) is 0 Å². The summed E-state index contributed by atoms with van der Waals surface area (Å²) >= 11 is 0. The van der Waals surface area contributed by atoms with Gasteiger partial charge in [0.2, 0.25) is 0 Å². The van der Waals surface area contributed by atoms with Gasteiger partial charge < -0.3 is 9.84 Å². The molecule has 0 aromatic carbocycles. The first-order valence-corrected chi connectivity index (χ1v) is 6.72. The Balaban J connectivity index is 3.45. The topological polar surface area (TPSA) is 46.5 Å². The van der Waals surface area contributed by atoms with Gasteiger partial charge >= 0.3 is 5.97 Å². The molecule has 1 atom stereocenters. The van der Waals surface area contributed by atoms with Crippen molar-refractivity contribution in [3.05, 3.63) is 12.2 Å². The number of carbonyl (C=O) groups excluding carboxylic acids is 1. The number of hydrogen-bond donors (Lipinski definition) is 1. The minimum Gasteiger partial charge on any atom is -0.463 e. The molecule has 100 valence electrons. The van der Waals surface area contributed by atoms with Crippen LogP contribution in [0.15, 0.2) is 12.2 Å². The van der Waals surface area contributed by atoms with Crippen LogP contribution in [0, 0.1) is 0 Å². The van der Waals surface area contributed by atoms with Gasteiger partial charge in [-0.2, -0.15) is 0 Å². The van der Waals surface area contributed by atoms with Gasteiger partial charge in [-0.15, -0.1) is 0 Å². The van der Waals surface area contributed by atoms with Gasteiger partial charge in [-0.25, -0.2) is 4.79 Å². The van der Waals surface area contributed by atoms with Crippen LogP contribution in [-0.2, 0) is 9.53 Å². The molecule has 0 unspecified atom stereocenters. The van der Waals surface area contributed by atoms with Gasteiger partial charge in [-0.1, -0.05) is 45.1 Å². The molecule has 3 heteroatoms. The number of esters is 1. The van der Waals surface area contributed by atoms with Crippen molar-refractivity contribution >= 4 is 5.97 Å². The molecule has 0 rings (SSSR count). The fraction of sp³-hybridized carbons (Fsp3) is 0.786. The van der Waals surface area contributed by atoms with E-state index in [1.165, 1.54) is 31.8 Å². The van der Waals surface area contributed by atoms with Crippen molar-refractivity contribution in [1.29, 1.82) is 0 Å². The first kappa shape index (κ1) is 16.2. The lowest BCUT2D eigenvalue weighted by Crippen LogP contribution is -2.05. The summed E-state index contributed by atoms with van der Waals surface area (Å²) in [4.78, 5) is 11.0. The van der Waals surface area contributed by atoms with Crippen LogP contribution in [0.4, 0.5) is 0 Å². The van der Waals surface area contributed by atoms with E-state index in [-0.39, 0.29) is 12.1 Å². The summed E-state index contributed by atoms with van der Waals surface area (Å²) in [6.07, 6.45) is 10.1. The maximum absolute atomic E-state index is 11.0. The second-order valence-corrected chi connectivity index (χ2v) is 4.25. The molecule has 0 amide bonds. The quantitative estimate of drug-likeness (QED) is 0.363. The smallest absolute Gasteiger partial charge is 0.330 e. The summed E-state index contributed by atoms with van der Waals surface area (Å²) in [6.45, 7) is 4.36. The Bertz CT molecular complexity index is 212. The van der Waals surface area contributed by atoms with Crippen molar-refractivity contribution in [2.45, 2.75) is 64.9 Å². The van der Waals surface area contributed by atoms with Crippen molar-refractivity contribution in [3.63, 3.8) is 0 Å². The van der Waals surface area contributed by atoms with Gasteiger partial charge in [0, 0.05) is 6.08 Å². The van der Waals surface area contributed by atoms with E-state index in [2.05, 4.69) is 6.92 Å². The van der Waals surface area contributed by atoms with Crippen LogP contribution in [0.1, 0.15) is 58.8 Å². The van der Waals surface area contributed by atoms with Crippen molar-refractivity contribution in [2.75, 3.05) is 6.61 Å². The predicted octanol–water partition coefficient (Wildman–Crippen LogP) is 3.22. The number of carbonyl (C=O) groups is 1. The third kappa shape index (κ3) is 11.4. The molecule has 0 aromatic heterocycles. The summed E-state index contributed by atoms with van der Waals surface area (Å²) < 4.78 is 4.74. The van der Waals surface area contributed by atoms with E-state index in [1.807, 2.05) is 0 Å². The van der Waals surface area contributed by atoms with Gasteiger partial charge in [0.05, 0.1) is 12.7 Å². The van der Waals surface area contributed by atoms with Crippen LogP contribution in [0.3, 0.4) is 0 Å². The fourth-order valence-electron chi connectivity index (χ4n) is 1.61. The van der Waals surface area contributed by atoms with Crippen molar-refractivity contribution < 1.29 is 14.6 Å². The number of ether oxygens (including phenoxy) is 1. The number of aliphatic hydroxyl groups is 1. The summed E-state index contributed by atoms with van der Waals surface area (Å²) in [5.74, 6) is -0.331. The highest BCUT2D eigenvalue weighted by Crippen LogP contribution is 2.09. The predicted molar refractivity (Wildman–Crippen MR) is 69.8 cm³/mol. The lowest BCUT2D eigenvalue weighted by atomic mass is 10.1. The first-order chi connectivity index (χ1) is 8.20. The lowest BCUT2D eigenvalue weighted by molar-refractivity contribution is -0.137. The van der Waals surface area contributed by atoms with Crippen LogP contribution in [-0.4, -0.2) is 23.8 Å². The Morgan fingerprint density at radius 3 is 2.59 bits per heavy atom. The van der Waals surface area contributed by atoms with Gasteiger partial charge in [0.25, 0.3) is 0 Å². The highest BCUT2D eigenvalue weighted by atomic mass is 16.5. The zero-order chi connectivity index (χ0) is 12.9. The maximum atomic E-state index is 11.0. The minimum absolute atomic E-state index is 0.331. The number of unbranched alkanes of at least 4 members (excludes halogenated alkanes) is 4. The summed E-state index contributed by atoms with van der Waals surface area (Å²) in [5, 5.41) is 9.65. The Morgan fingerprint density at radius 1 is 1.24 bits per heavy atom. The number of hydrogen-bond acceptors (Lipinski definition) is 3. The van der Waals surface area contributed by atoms with Gasteiger partial charge in [0.1, 0.15) is 0 Å². The molecule has 0 saturated heterocycles. The van der Waals surface area contributed by atoms with Crippen LogP contribution < -0.4 is 0 Å². The molecule has 0 aromatic rings. The van der Waals surface area contributed by atoms with E-state index in [0.717, 1.165) is 12.8 Å². The van der Waals surface area contributed by atoms with Crippen LogP contribution >= 0.6 is 0 Å². The van der Waals surface area contributed by atoms with Crippen LogP contribution in [0.25, 0.3) is 0 Å². The molecule has 0 heterocycles. The normalized spacial score (nSPS) is 12.9. The largest absolute Gasteiger partial charge is 0.463 e. The Hall–Kier alpha value is -0.830. The molecule has 0 radical (unpaired) electrons. The van der Waals surface area contributed by atoms with E-state index in [1.54, 1.807) is 13.0 Å². The van der Waals surface area contributed by atoms with Gasteiger partial charge in [-0.05, 0) is 19.8 Å². The molecular formula is C14H26O3. The molecule has 0 aliphatic carbocycles. The zero-order valence-electron chi connectivity index (χ0n) is 11.2.